The number of nitrogens with zero attached hydrogens (tertiary/aromatic N) is 1. The van der Waals surface area contributed by atoms with Crippen molar-refractivity contribution in [3.05, 3.63) is 12.2 Å². The second-order valence-electron chi connectivity index (χ2n) is 5.61. The predicted octanol–water partition coefficient (Wildman–Crippen LogP) is 1.57. The van der Waals surface area contributed by atoms with Gasteiger partial charge in [-0.2, -0.15) is 0 Å². The lowest BCUT2D eigenvalue weighted by Crippen LogP contribution is -2.41. The van der Waals surface area contributed by atoms with Crippen LogP contribution in [0.5, 0.6) is 0 Å². The highest BCUT2D eigenvalue weighted by molar-refractivity contribution is 5.91. The molecule has 2 amide bonds. The van der Waals surface area contributed by atoms with Crippen molar-refractivity contribution in [1.29, 1.82) is 0 Å². The number of rotatable bonds is 5. The molecule has 4 heteroatoms. The average Bonchev–Trinajstić information content (AvgIpc) is 2.58. The topological polar surface area (TPSA) is 49.4 Å². The molecule has 0 saturated carbocycles. The molecular weight excluding hydrogens is 228 g/mol. The van der Waals surface area contributed by atoms with Gasteiger partial charge in [0.2, 0.25) is 11.8 Å². The molecule has 1 fully saturated rings. The van der Waals surface area contributed by atoms with Gasteiger partial charge < -0.3 is 10.2 Å². The first-order valence-corrected chi connectivity index (χ1v) is 6.49. The molecule has 0 radical (unpaired) electrons. The molecular formula is C14H24N2O2. The Kier molecular flexibility index (Phi) is 4.54. The molecule has 102 valence electrons. The zero-order valence-corrected chi connectivity index (χ0v) is 11.9. The minimum atomic E-state index is -0.456. The van der Waals surface area contributed by atoms with Gasteiger partial charge in [0.25, 0.3) is 0 Å². The van der Waals surface area contributed by atoms with Crippen molar-refractivity contribution in [3.8, 4) is 0 Å². The summed E-state index contributed by atoms with van der Waals surface area (Å²) in [6.07, 6.45) is 1.59. The molecule has 1 N–H and O–H groups in total. The standard InChI is InChI=1S/C14H24N2O2/c1-10(2)8-14(11(3)4)6-7-16(13(14)18)9-12(17)15-5/h10H,3,6-9H2,1-2,4-5H3,(H,15,17). The van der Waals surface area contributed by atoms with E-state index in [1.807, 2.05) is 6.92 Å². The van der Waals surface area contributed by atoms with E-state index in [4.69, 9.17) is 0 Å². The number of hydrogen-bond donors (Lipinski definition) is 1. The van der Waals surface area contributed by atoms with Crippen LogP contribution in [0.1, 0.15) is 33.6 Å². The largest absolute Gasteiger partial charge is 0.358 e. The first-order valence-electron chi connectivity index (χ1n) is 6.49. The van der Waals surface area contributed by atoms with Crippen LogP contribution in [0.25, 0.3) is 0 Å². The molecule has 0 bridgehead atoms. The highest BCUT2D eigenvalue weighted by Crippen LogP contribution is 2.43. The van der Waals surface area contributed by atoms with Crippen molar-refractivity contribution in [1.82, 2.24) is 10.2 Å². The van der Waals surface area contributed by atoms with Crippen LogP contribution >= 0.6 is 0 Å². The van der Waals surface area contributed by atoms with E-state index in [1.165, 1.54) is 0 Å². The van der Waals surface area contributed by atoms with Gasteiger partial charge in [0.05, 0.1) is 12.0 Å². The third-order valence-electron chi connectivity index (χ3n) is 3.69. The van der Waals surface area contributed by atoms with Gasteiger partial charge in [0, 0.05) is 13.6 Å². The molecule has 4 nitrogen and oxygen atoms in total. The van der Waals surface area contributed by atoms with E-state index >= 15 is 0 Å². The third-order valence-corrected chi connectivity index (χ3v) is 3.69. The normalized spacial score (nSPS) is 23.6. The molecule has 0 spiro atoms. The fraction of sp³-hybridized carbons (Fsp3) is 0.714. The van der Waals surface area contributed by atoms with E-state index < -0.39 is 5.41 Å². The number of carbonyl (C=O) groups excluding carboxylic acids is 2. The molecule has 1 aliphatic heterocycles. The maximum absolute atomic E-state index is 12.5. The number of likely N-dealkylation sites (N-methyl/N-ethyl adjacent to an activating group) is 1. The van der Waals surface area contributed by atoms with Crippen LogP contribution < -0.4 is 5.32 Å². The van der Waals surface area contributed by atoms with Crippen molar-refractivity contribution in [2.75, 3.05) is 20.1 Å². The second kappa shape index (κ2) is 5.55. The van der Waals surface area contributed by atoms with Gasteiger partial charge in [-0.05, 0) is 25.7 Å². The third kappa shape index (κ3) is 2.74. The van der Waals surface area contributed by atoms with Gasteiger partial charge in [0.15, 0.2) is 0 Å². The zero-order valence-electron chi connectivity index (χ0n) is 11.9. The molecule has 0 aromatic heterocycles. The van der Waals surface area contributed by atoms with Crippen LogP contribution in [0.15, 0.2) is 12.2 Å². The van der Waals surface area contributed by atoms with Crippen molar-refractivity contribution in [2.45, 2.75) is 33.6 Å². The highest BCUT2D eigenvalue weighted by Gasteiger charge is 2.47. The van der Waals surface area contributed by atoms with Crippen LogP contribution in [0.4, 0.5) is 0 Å². The molecule has 0 aromatic carbocycles. The Morgan fingerprint density at radius 3 is 2.61 bits per heavy atom. The fourth-order valence-corrected chi connectivity index (χ4v) is 2.70. The Balaban J connectivity index is 2.87. The van der Waals surface area contributed by atoms with Crippen LogP contribution in [0.3, 0.4) is 0 Å². The number of likely N-dealkylation sites (tertiary alicyclic amines) is 1. The van der Waals surface area contributed by atoms with Crippen LogP contribution in [-0.4, -0.2) is 36.9 Å². The van der Waals surface area contributed by atoms with Crippen LogP contribution in [-0.2, 0) is 9.59 Å². The Hall–Kier alpha value is -1.32. The first-order chi connectivity index (χ1) is 8.33. The van der Waals surface area contributed by atoms with Crippen molar-refractivity contribution in [3.63, 3.8) is 0 Å². The van der Waals surface area contributed by atoms with E-state index in [-0.39, 0.29) is 18.4 Å². The molecule has 1 unspecified atom stereocenters. The Morgan fingerprint density at radius 2 is 2.17 bits per heavy atom. The summed E-state index contributed by atoms with van der Waals surface area (Å²) in [7, 11) is 1.59. The Labute approximate surface area is 109 Å². The van der Waals surface area contributed by atoms with E-state index in [0.29, 0.717) is 12.5 Å². The summed E-state index contributed by atoms with van der Waals surface area (Å²) in [6.45, 7) is 10.9. The van der Waals surface area contributed by atoms with E-state index in [2.05, 4.69) is 25.7 Å². The molecule has 1 heterocycles. The number of hydrogen-bond acceptors (Lipinski definition) is 2. The first kappa shape index (κ1) is 14.7. The lowest BCUT2D eigenvalue weighted by molar-refractivity contribution is -0.138. The lowest BCUT2D eigenvalue weighted by atomic mass is 9.74. The molecule has 0 aliphatic carbocycles. The van der Waals surface area contributed by atoms with E-state index in [0.717, 1.165) is 18.4 Å². The summed E-state index contributed by atoms with van der Waals surface area (Å²) in [5, 5.41) is 2.55. The molecule has 1 saturated heterocycles. The zero-order chi connectivity index (χ0) is 13.9. The summed E-state index contributed by atoms with van der Waals surface area (Å²) < 4.78 is 0. The van der Waals surface area contributed by atoms with Crippen LogP contribution in [0.2, 0.25) is 0 Å². The predicted molar refractivity (Wildman–Crippen MR) is 72.0 cm³/mol. The van der Waals surface area contributed by atoms with Gasteiger partial charge in [0.1, 0.15) is 0 Å². The maximum atomic E-state index is 12.5. The monoisotopic (exact) mass is 252 g/mol. The summed E-state index contributed by atoms with van der Waals surface area (Å²) >= 11 is 0. The maximum Gasteiger partial charge on any atom is 0.239 e. The average molecular weight is 252 g/mol. The minimum Gasteiger partial charge on any atom is -0.358 e. The van der Waals surface area contributed by atoms with Crippen molar-refractivity contribution >= 4 is 11.8 Å². The molecule has 18 heavy (non-hydrogen) atoms. The summed E-state index contributed by atoms with van der Waals surface area (Å²) in [4.78, 5) is 25.6. The van der Waals surface area contributed by atoms with Crippen molar-refractivity contribution in [2.24, 2.45) is 11.3 Å². The summed E-state index contributed by atoms with van der Waals surface area (Å²) in [6, 6.07) is 0. The quantitative estimate of drug-likeness (QED) is 0.755. The summed E-state index contributed by atoms with van der Waals surface area (Å²) in [5.41, 5.74) is 0.461. The minimum absolute atomic E-state index is 0.0623. The molecule has 0 aromatic rings. The van der Waals surface area contributed by atoms with E-state index in [9.17, 15) is 9.59 Å². The molecule has 1 rings (SSSR count). The van der Waals surface area contributed by atoms with Gasteiger partial charge >= 0.3 is 0 Å². The highest BCUT2D eigenvalue weighted by atomic mass is 16.2. The van der Waals surface area contributed by atoms with Crippen LogP contribution in [0, 0.1) is 11.3 Å². The smallest absolute Gasteiger partial charge is 0.239 e. The lowest BCUT2D eigenvalue weighted by Gasteiger charge is -2.30. The Bertz CT molecular complexity index is 363. The van der Waals surface area contributed by atoms with Gasteiger partial charge in [-0.15, -0.1) is 0 Å². The van der Waals surface area contributed by atoms with E-state index in [1.54, 1.807) is 11.9 Å². The van der Waals surface area contributed by atoms with Gasteiger partial charge in [-0.25, -0.2) is 0 Å². The second-order valence-corrected chi connectivity index (χ2v) is 5.61. The van der Waals surface area contributed by atoms with Gasteiger partial charge in [-0.3, -0.25) is 9.59 Å². The molecule has 1 atom stereocenters. The number of carbonyl (C=O) groups is 2. The summed E-state index contributed by atoms with van der Waals surface area (Å²) in [5.74, 6) is 0.378. The number of nitrogens with one attached hydrogen (secondary N) is 1. The Morgan fingerprint density at radius 1 is 1.56 bits per heavy atom. The SMILES string of the molecule is C=C(C)C1(CC(C)C)CCN(CC(=O)NC)C1=O. The van der Waals surface area contributed by atoms with Crippen molar-refractivity contribution < 1.29 is 9.59 Å². The molecule has 1 aliphatic rings. The van der Waals surface area contributed by atoms with Gasteiger partial charge in [-0.1, -0.05) is 26.0 Å². The fourth-order valence-electron chi connectivity index (χ4n) is 2.70. The number of amides is 2.